The number of aromatic amines is 1. The Morgan fingerprint density at radius 3 is 2.87 bits per heavy atom. The number of nitrogens with zero attached hydrogens (tertiary/aromatic N) is 1. The van der Waals surface area contributed by atoms with Crippen LogP contribution in [0.2, 0.25) is 5.15 Å². The molecule has 0 aliphatic heterocycles. The largest absolute Gasteiger partial charge is 0.495 e. The van der Waals surface area contributed by atoms with Crippen LogP contribution in [-0.4, -0.2) is 22.2 Å². The van der Waals surface area contributed by atoms with E-state index in [0.29, 0.717) is 28.0 Å². The second kappa shape index (κ2) is 6.28. The molecule has 6 nitrogen and oxygen atoms in total. The molecule has 0 aliphatic rings. The number of methoxy groups -OCH3 is 1. The number of aliphatic hydroxyl groups is 1. The topological polar surface area (TPSA) is 87.2 Å². The summed E-state index contributed by atoms with van der Waals surface area (Å²) in [5.41, 5.74) is 2.13. The predicted molar refractivity (Wildman–Crippen MR) is 89.6 cm³/mol. The summed E-state index contributed by atoms with van der Waals surface area (Å²) >= 11 is 6.04. The van der Waals surface area contributed by atoms with Crippen LogP contribution in [0.15, 0.2) is 41.3 Å². The van der Waals surface area contributed by atoms with Gasteiger partial charge >= 0.3 is 0 Å². The van der Waals surface area contributed by atoms with Crippen LogP contribution in [0.5, 0.6) is 5.75 Å². The Morgan fingerprint density at radius 1 is 1.30 bits per heavy atom. The van der Waals surface area contributed by atoms with Gasteiger partial charge in [-0.1, -0.05) is 17.7 Å². The summed E-state index contributed by atoms with van der Waals surface area (Å²) in [6, 6.07) is 8.51. The van der Waals surface area contributed by atoms with Crippen LogP contribution in [0.3, 0.4) is 0 Å². The highest BCUT2D eigenvalue weighted by molar-refractivity contribution is 6.30. The summed E-state index contributed by atoms with van der Waals surface area (Å²) in [6.07, 6.45) is 1.52. The fourth-order valence-corrected chi connectivity index (χ4v) is 2.54. The van der Waals surface area contributed by atoms with E-state index >= 15 is 0 Å². The lowest BCUT2D eigenvalue weighted by molar-refractivity contribution is 0.281. The number of halogens is 1. The first-order chi connectivity index (χ1) is 11.1. The highest BCUT2D eigenvalue weighted by atomic mass is 35.5. The van der Waals surface area contributed by atoms with Crippen molar-refractivity contribution in [1.82, 2.24) is 9.97 Å². The van der Waals surface area contributed by atoms with Crippen molar-refractivity contribution in [1.29, 1.82) is 0 Å². The lowest BCUT2D eigenvalue weighted by Gasteiger charge is -2.14. The third-order valence-corrected chi connectivity index (χ3v) is 3.61. The monoisotopic (exact) mass is 331 g/mol. The van der Waals surface area contributed by atoms with Gasteiger partial charge in [0.15, 0.2) is 0 Å². The van der Waals surface area contributed by atoms with Gasteiger partial charge in [0.2, 0.25) is 0 Å². The van der Waals surface area contributed by atoms with Gasteiger partial charge in [0.1, 0.15) is 10.9 Å². The molecule has 3 aromatic rings. The van der Waals surface area contributed by atoms with Crippen LogP contribution in [0, 0.1) is 0 Å². The Morgan fingerprint density at radius 2 is 2.13 bits per heavy atom. The van der Waals surface area contributed by atoms with E-state index in [1.807, 2.05) is 0 Å². The lowest BCUT2D eigenvalue weighted by Crippen LogP contribution is -2.08. The fourth-order valence-electron chi connectivity index (χ4n) is 2.34. The molecule has 0 unspecified atom stereocenters. The van der Waals surface area contributed by atoms with E-state index in [1.165, 1.54) is 13.3 Å². The molecule has 118 valence electrons. The average Bonchev–Trinajstić information content (AvgIpc) is 2.54. The molecular weight excluding hydrogens is 318 g/mol. The number of nitrogens with one attached hydrogen (secondary N) is 2. The summed E-state index contributed by atoms with van der Waals surface area (Å²) in [5, 5.41) is 13.0. The predicted octanol–water partition coefficient (Wildman–Crippen LogP) is 2.82. The van der Waals surface area contributed by atoms with Gasteiger partial charge in [0.05, 0.1) is 36.0 Å². The van der Waals surface area contributed by atoms with E-state index in [0.717, 1.165) is 5.56 Å². The van der Waals surface area contributed by atoms with Crippen LogP contribution in [0.25, 0.3) is 10.9 Å². The van der Waals surface area contributed by atoms with Gasteiger partial charge in [-0.3, -0.25) is 4.79 Å². The first-order valence-electron chi connectivity index (χ1n) is 6.85. The Kier molecular flexibility index (Phi) is 4.18. The van der Waals surface area contributed by atoms with Crippen molar-refractivity contribution in [2.75, 3.05) is 12.4 Å². The lowest BCUT2D eigenvalue weighted by atomic mass is 10.1. The van der Waals surface area contributed by atoms with Crippen LogP contribution in [0.4, 0.5) is 11.4 Å². The maximum absolute atomic E-state index is 12.1. The van der Waals surface area contributed by atoms with Gasteiger partial charge in [0, 0.05) is 6.20 Å². The zero-order chi connectivity index (χ0) is 16.4. The third kappa shape index (κ3) is 2.99. The van der Waals surface area contributed by atoms with Crippen molar-refractivity contribution >= 4 is 33.9 Å². The van der Waals surface area contributed by atoms with Crippen molar-refractivity contribution < 1.29 is 9.84 Å². The zero-order valence-electron chi connectivity index (χ0n) is 12.3. The second-order valence-electron chi connectivity index (χ2n) is 4.88. The molecule has 7 heteroatoms. The number of aliphatic hydroxyl groups excluding tert-OH is 1. The molecule has 0 atom stereocenters. The molecule has 0 radical (unpaired) electrons. The van der Waals surface area contributed by atoms with Crippen molar-refractivity contribution in [3.05, 3.63) is 57.6 Å². The van der Waals surface area contributed by atoms with Crippen LogP contribution >= 0.6 is 11.6 Å². The normalized spacial score (nSPS) is 10.7. The summed E-state index contributed by atoms with van der Waals surface area (Å²) in [6.45, 7) is -0.0830. The molecule has 0 bridgehead atoms. The number of rotatable bonds is 4. The first kappa shape index (κ1) is 15.3. The maximum Gasteiger partial charge on any atom is 0.259 e. The standard InChI is InChI=1S/C16H14ClN3O3/c1-23-13-6-9(8-21)2-3-10(13)19-12-7-14(17)20-11-4-5-18-16(22)15(11)12/h2-7,21H,8H2,1H3,(H,18,22)(H,19,20). The number of ether oxygens (including phenoxy) is 1. The Hall–Kier alpha value is -2.57. The summed E-state index contributed by atoms with van der Waals surface area (Å²) < 4.78 is 5.32. The highest BCUT2D eigenvalue weighted by Crippen LogP contribution is 2.31. The van der Waals surface area contributed by atoms with E-state index in [4.69, 9.17) is 16.3 Å². The molecule has 2 heterocycles. The van der Waals surface area contributed by atoms with Crippen LogP contribution < -0.4 is 15.6 Å². The molecule has 0 saturated carbocycles. The molecule has 0 fully saturated rings. The van der Waals surface area contributed by atoms with Gasteiger partial charge in [-0.2, -0.15) is 0 Å². The molecule has 1 aromatic carbocycles. The van der Waals surface area contributed by atoms with Crippen molar-refractivity contribution in [2.24, 2.45) is 0 Å². The van der Waals surface area contributed by atoms with Gasteiger partial charge in [-0.25, -0.2) is 4.98 Å². The number of aromatic nitrogens is 2. The number of pyridine rings is 2. The number of hydrogen-bond acceptors (Lipinski definition) is 5. The molecule has 0 amide bonds. The minimum atomic E-state index is -0.264. The average molecular weight is 332 g/mol. The molecular formula is C16H14ClN3O3. The molecule has 0 spiro atoms. The quantitative estimate of drug-likeness (QED) is 0.640. The Labute approximate surface area is 136 Å². The Balaban J connectivity index is 2.14. The van der Waals surface area contributed by atoms with Gasteiger partial charge in [-0.05, 0) is 29.8 Å². The van der Waals surface area contributed by atoms with E-state index in [-0.39, 0.29) is 17.3 Å². The summed E-state index contributed by atoms with van der Waals surface area (Å²) in [5.74, 6) is 0.546. The van der Waals surface area contributed by atoms with Crippen molar-refractivity contribution in [3.63, 3.8) is 0 Å². The molecule has 2 aromatic heterocycles. The van der Waals surface area contributed by atoms with Gasteiger partial charge < -0.3 is 20.1 Å². The van der Waals surface area contributed by atoms with E-state index < -0.39 is 0 Å². The zero-order valence-corrected chi connectivity index (χ0v) is 13.0. The number of fused-ring (bicyclic) bond motifs is 1. The summed E-state index contributed by atoms with van der Waals surface area (Å²) in [7, 11) is 1.53. The molecule has 23 heavy (non-hydrogen) atoms. The first-order valence-corrected chi connectivity index (χ1v) is 7.23. The summed E-state index contributed by atoms with van der Waals surface area (Å²) in [4.78, 5) is 18.9. The second-order valence-corrected chi connectivity index (χ2v) is 5.26. The molecule has 0 aliphatic carbocycles. The SMILES string of the molecule is COc1cc(CO)ccc1Nc1cc(Cl)nc2cc[nH]c(=O)c12. The van der Waals surface area contributed by atoms with Crippen molar-refractivity contribution in [2.45, 2.75) is 6.61 Å². The maximum atomic E-state index is 12.1. The van der Waals surface area contributed by atoms with E-state index in [9.17, 15) is 9.90 Å². The molecule has 3 rings (SSSR count). The van der Waals surface area contributed by atoms with Crippen LogP contribution in [0.1, 0.15) is 5.56 Å². The van der Waals surface area contributed by atoms with Gasteiger partial charge in [0.25, 0.3) is 5.56 Å². The highest BCUT2D eigenvalue weighted by Gasteiger charge is 2.11. The number of anilines is 2. The number of benzene rings is 1. The number of hydrogen-bond donors (Lipinski definition) is 3. The molecule has 0 saturated heterocycles. The minimum Gasteiger partial charge on any atom is -0.495 e. The molecule has 3 N–H and O–H groups in total. The third-order valence-electron chi connectivity index (χ3n) is 3.42. The van der Waals surface area contributed by atoms with E-state index in [1.54, 1.807) is 30.3 Å². The van der Waals surface area contributed by atoms with Crippen molar-refractivity contribution in [3.8, 4) is 5.75 Å². The fraction of sp³-hybridized carbons (Fsp3) is 0.125. The smallest absolute Gasteiger partial charge is 0.259 e. The minimum absolute atomic E-state index is 0.0830. The van der Waals surface area contributed by atoms with E-state index in [2.05, 4.69) is 15.3 Å². The van der Waals surface area contributed by atoms with Crippen LogP contribution in [-0.2, 0) is 6.61 Å². The van der Waals surface area contributed by atoms with Gasteiger partial charge in [-0.15, -0.1) is 0 Å². The number of H-pyrrole nitrogens is 1. The Bertz CT molecular complexity index is 924.